The van der Waals surface area contributed by atoms with Gasteiger partial charge >= 0.3 is 0 Å². The molecule has 0 fully saturated rings. The highest BCUT2D eigenvalue weighted by Crippen LogP contribution is 2.31. The Balaban J connectivity index is 1.45. The SMILES string of the molecule is COc1ccc(-n2c(SCc3nnc(-c4ccccc4Cl)o3)nnc2-c2ccccc2)cc1. The van der Waals surface area contributed by atoms with Crippen molar-refractivity contribution in [3.63, 3.8) is 0 Å². The summed E-state index contributed by atoms with van der Waals surface area (Å²) in [5.74, 6) is 2.81. The summed E-state index contributed by atoms with van der Waals surface area (Å²) in [5.41, 5.74) is 2.59. The largest absolute Gasteiger partial charge is 0.497 e. The third kappa shape index (κ3) is 4.48. The van der Waals surface area contributed by atoms with Crippen LogP contribution in [0.5, 0.6) is 5.75 Å². The van der Waals surface area contributed by atoms with E-state index in [9.17, 15) is 0 Å². The molecule has 0 bridgehead atoms. The van der Waals surface area contributed by atoms with Gasteiger partial charge in [-0.3, -0.25) is 4.57 Å². The van der Waals surface area contributed by atoms with Crippen LogP contribution in [-0.2, 0) is 5.75 Å². The third-order valence-corrected chi connectivity index (χ3v) is 6.14. The molecule has 0 amide bonds. The van der Waals surface area contributed by atoms with Gasteiger partial charge < -0.3 is 9.15 Å². The van der Waals surface area contributed by atoms with E-state index in [0.29, 0.717) is 33.3 Å². The Hall–Kier alpha value is -3.62. The van der Waals surface area contributed by atoms with Crippen LogP contribution in [0, 0.1) is 0 Å². The average Bonchev–Trinajstić information content (AvgIpc) is 3.51. The van der Waals surface area contributed by atoms with Gasteiger partial charge in [0.25, 0.3) is 0 Å². The molecule has 0 saturated heterocycles. The van der Waals surface area contributed by atoms with Gasteiger partial charge in [-0.05, 0) is 36.4 Å². The Morgan fingerprint density at radius 2 is 1.64 bits per heavy atom. The van der Waals surface area contributed by atoms with Crippen molar-refractivity contribution >= 4 is 23.4 Å². The van der Waals surface area contributed by atoms with Crippen LogP contribution in [0.4, 0.5) is 0 Å². The summed E-state index contributed by atoms with van der Waals surface area (Å²) in [5, 5.41) is 18.5. The van der Waals surface area contributed by atoms with Crippen LogP contribution in [0.25, 0.3) is 28.5 Å². The number of nitrogens with zero attached hydrogens (tertiary/aromatic N) is 5. The molecule has 33 heavy (non-hydrogen) atoms. The molecule has 0 saturated carbocycles. The number of halogens is 1. The number of rotatable bonds is 7. The first-order chi connectivity index (χ1) is 16.2. The van der Waals surface area contributed by atoms with Gasteiger partial charge in [-0.25, -0.2) is 0 Å². The fraction of sp³-hybridized carbons (Fsp3) is 0.0833. The number of hydrogen-bond acceptors (Lipinski definition) is 7. The van der Waals surface area contributed by atoms with Crippen LogP contribution in [0.2, 0.25) is 5.02 Å². The lowest BCUT2D eigenvalue weighted by Gasteiger charge is -2.10. The van der Waals surface area contributed by atoms with E-state index < -0.39 is 0 Å². The fourth-order valence-corrected chi connectivity index (χ4v) is 4.29. The first-order valence-corrected chi connectivity index (χ1v) is 11.4. The molecule has 164 valence electrons. The Bertz CT molecular complexity index is 1370. The molecule has 7 nitrogen and oxygen atoms in total. The molecular weight excluding hydrogens is 458 g/mol. The molecule has 2 aromatic heterocycles. The minimum atomic E-state index is 0.387. The third-order valence-electron chi connectivity index (χ3n) is 4.89. The highest BCUT2D eigenvalue weighted by molar-refractivity contribution is 7.98. The molecule has 2 heterocycles. The minimum absolute atomic E-state index is 0.387. The molecule has 0 aliphatic rings. The van der Waals surface area contributed by atoms with E-state index in [4.69, 9.17) is 20.8 Å². The molecule has 0 radical (unpaired) electrons. The van der Waals surface area contributed by atoms with Gasteiger partial charge in [-0.2, -0.15) is 0 Å². The summed E-state index contributed by atoms with van der Waals surface area (Å²) in [6.07, 6.45) is 0. The Morgan fingerprint density at radius 1 is 0.879 bits per heavy atom. The van der Waals surface area contributed by atoms with Crippen molar-refractivity contribution in [1.29, 1.82) is 0 Å². The summed E-state index contributed by atoms with van der Waals surface area (Å²) >= 11 is 7.71. The zero-order valence-corrected chi connectivity index (χ0v) is 19.1. The Kier molecular flexibility index (Phi) is 6.10. The van der Waals surface area contributed by atoms with E-state index >= 15 is 0 Å². The molecule has 0 aliphatic carbocycles. The maximum atomic E-state index is 6.25. The van der Waals surface area contributed by atoms with Gasteiger partial charge in [-0.15, -0.1) is 20.4 Å². The molecule has 0 N–H and O–H groups in total. The maximum absolute atomic E-state index is 6.25. The number of benzene rings is 3. The summed E-state index contributed by atoms with van der Waals surface area (Å²) in [6.45, 7) is 0. The van der Waals surface area contributed by atoms with Crippen molar-refractivity contribution in [2.75, 3.05) is 7.11 Å². The lowest BCUT2D eigenvalue weighted by atomic mass is 10.2. The van der Waals surface area contributed by atoms with Crippen molar-refractivity contribution in [1.82, 2.24) is 25.0 Å². The predicted octanol–water partition coefficient (Wildman–Crippen LogP) is 5.94. The van der Waals surface area contributed by atoms with Gasteiger partial charge in [-0.1, -0.05) is 65.8 Å². The number of aromatic nitrogens is 5. The van der Waals surface area contributed by atoms with Crippen molar-refractivity contribution in [2.45, 2.75) is 10.9 Å². The molecular formula is C24H18ClN5O2S. The molecule has 5 aromatic rings. The van der Waals surface area contributed by atoms with Gasteiger partial charge in [0.05, 0.1) is 23.4 Å². The van der Waals surface area contributed by atoms with E-state index in [1.807, 2.05) is 77.4 Å². The highest BCUT2D eigenvalue weighted by Gasteiger charge is 2.18. The molecule has 0 atom stereocenters. The van der Waals surface area contributed by atoms with E-state index in [0.717, 1.165) is 22.8 Å². The van der Waals surface area contributed by atoms with Crippen molar-refractivity contribution in [3.8, 4) is 34.3 Å². The summed E-state index contributed by atoms with van der Waals surface area (Å²) in [6, 6.07) is 25.1. The summed E-state index contributed by atoms with van der Waals surface area (Å²) < 4.78 is 13.1. The van der Waals surface area contributed by atoms with Gasteiger partial charge in [0, 0.05) is 11.3 Å². The molecule has 0 unspecified atom stereocenters. The second kappa shape index (κ2) is 9.48. The highest BCUT2D eigenvalue weighted by atomic mass is 35.5. The van der Waals surface area contributed by atoms with Gasteiger partial charge in [0.15, 0.2) is 11.0 Å². The van der Waals surface area contributed by atoms with E-state index in [1.54, 1.807) is 13.2 Å². The summed E-state index contributed by atoms with van der Waals surface area (Å²) in [4.78, 5) is 0. The Morgan fingerprint density at radius 3 is 2.39 bits per heavy atom. The number of thioether (sulfide) groups is 1. The number of hydrogen-bond donors (Lipinski definition) is 0. The smallest absolute Gasteiger partial charge is 0.249 e. The van der Waals surface area contributed by atoms with Crippen LogP contribution >= 0.6 is 23.4 Å². The topological polar surface area (TPSA) is 78.9 Å². The Labute approximate surface area is 199 Å². The first kappa shape index (κ1) is 21.2. The number of ether oxygens (including phenoxy) is 1. The first-order valence-electron chi connectivity index (χ1n) is 10.1. The lowest BCUT2D eigenvalue weighted by molar-refractivity contribution is 0.414. The molecule has 9 heteroatoms. The van der Waals surface area contributed by atoms with Crippen LogP contribution in [-0.4, -0.2) is 32.1 Å². The monoisotopic (exact) mass is 475 g/mol. The average molecular weight is 476 g/mol. The predicted molar refractivity (Wildman–Crippen MR) is 128 cm³/mol. The lowest BCUT2D eigenvalue weighted by Crippen LogP contribution is -2.00. The van der Waals surface area contributed by atoms with Crippen molar-refractivity contribution in [2.24, 2.45) is 0 Å². The van der Waals surface area contributed by atoms with E-state index in [-0.39, 0.29) is 0 Å². The standard InChI is InChI=1S/C24H18ClN5O2S/c1-31-18-13-11-17(12-14-18)30-22(16-7-3-2-4-8-16)27-29-24(30)33-15-21-26-28-23(32-21)19-9-5-6-10-20(19)25/h2-14H,15H2,1H3. The van der Waals surface area contributed by atoms with Gasteiger partial charge in [0.1, 0.15) is 5.75 Å². The summed E-state index contributed by atoms with van der Waals surface area (Å²) in [7, 11) is 1.64. The number of methoxy groups -OCH3 is 1. The van der Waals surface area contributed by atoms with Crippen molar-refractivity contribution in [3.05, 3.63) is 89.8 Å². The zero-order chi connectivity index (χ0) is 22.6. The van der Waals surface area contributed by atoms with E-state index in [2.05, 4.69) is 20.4 Å². The molecule has 5 rings (SSSR count). The normalized spacial score (nSPS) is 11.0. The second-order valence-electron chi connectivity index (χ2n) is 6.98. The zero-order valence-electron chi connectivity index (χ0n) is 17.6. The quantitative estimate of drug-likeness (QED) is 0.269. The van der Waals surface area contributed by atoms with Crippen LogP contribution < -0.4 is 4.74 Å². The van der Waals surface area contributed by atoms with Gasteiger partial charge in [0.2, 0.25) is 11.8 Å². The molecule has 0 aliphatic heterocycles. The second-order valence-corrected chi connectivity index (χ2v) is 8.32. The molecule has 3 aromatic carbocycles. The van der Waals surface area contributed by atoms with Crippen LogP contribution in [0.3, 0.4) is 0 Å². The van der Waals surface area contributed by atoms with Crippen LogP contribution in [0.15, 0.2) is 88.4 Å². The minimum Gasteiger partial charge on any atom is -0.497 e. The fourth-order valence-electron chi connectivity index (χ4n) is 3.28. The van der Waals surface area contributed by atoms with E-state index in [1.165, 1.54) is 11.8 Å². The maximum Gasteiger partial charge on any atom is 0.249 e. The van der Waals surface area contributed by atoms with Crippen molar-refractivity contribution < 1.29 is 9.15 Å². The molecule has 0 spiro atoms. The van der Waals surface area contributed by atoms with Crippen LogP contribution in [0.1, 0.15) is 5.89 Å².